The fourth-order valence-corrected chi connectivity index (χ4v) is 3.53. The third kappa shape index (κ3) is 3.96. The zero-order valence-electron chi connectivity index (χ0n) is 14.3. The summed E-state index contributed by atoms with van der Waals surface area (Å²) in [6, 6.07) is 7.99. The van der Waals surface area contributed by atoms with E-state index in [9.17, 15) is 5.11 Å². The van der Waals surface area contributed by atoms with E-state index in [0.29, 0.717) is 12.5 Å². The fourth-order valence-electron chi connectivity index (χ4n) is 3.53. The number of aliphatic hydroxyl groups excluding tert-OH is 1. The Hall–Kier alpha value is -2.05. The van der Waals surface area contributed by atoms with E-state index in [0.717, 1.165) is 56.0 Å². The van der Waals surface area contributed by atoms with Gasteiger partial charge in [0.05, 0.1) is 24.5 Å². The summed E-state index contributed by atoms with van der Waals surface area (Å²) in [5, 5.41) is 9.49. The van der Waals surface area contributed by atoms with Crippen molar-refractivity contribution in [2.45, 2.75) is 50.4 Å². The molecule has 0 unspecified atom stereocenters. The highest BCUT2D eigenvalue weighted by Gasteiger charge is 2.30. The van der Waals surface area contributed by atoms with Gasteiger partial charge in [-0.3, -0.25) is 4.98 Å². The molecule has 6 nitrogen and oxygen atoms in total. The second-order valence-electron chi connectivity index (χ2n) is 6.94. The van der Waals surface area contributed by atoms with Gasteiger partial charge in [0, 0.05) is 37.0 Å². The zero-order chi connectivity index (χ0) is 17.1. The van der Waals surface area contributed by atoms with Crippen LogP contribution in [0.3, 0.4) is 0 Å². The molecule has 0 amide bonds. The van der Waals surface area contributed by atoms with E-state index in [1.54, 1.807) is 12.5 Å². The molecule has 132 valence electrons. The van der Waals surface area contributed by atoms with Crippen molar-refractivity contribution in [3.8, 4) is 0 Å². The van der Waals surface area contributed by atoms with Crippen molar-refractivity contribution >= 4 is 5.82 Å². The molecule has 1 N–H and O–H groups in total. The fraction of sp³-hybridized carbons (Fsp3) is 0.526. The average Bonchev–Trinajstić information content (AvgIpc) is 2.65. The first-order chi connectivity index (χ1) is 12.3. The van der Waals surface area contributed by atoms with Gasteiger partial charge in [-0.2, -0.15) is 0 Å². The molecule has 1 aliphatic heterocycles. The Kier molecular flexibility index (Phi) is 4.90. The normalized spacial score (nSPS) is 24.1. The summed E-state index contributed by atoms with van der Waals surface area (Å²) >= 11 is 0. The molecule has 4 rings (SSSR count). The summed E-state index contributed by atoms with van der Waals surface area (Å²) in [5.74, 6) is 1.38. The van der Waals surface area contributed by atoms with Crippen molar-refractivity contribution in [1.82, 2.24) is 15.0 Å². The molecule has 2 aliphatic rings. The van der Waals surface area contributed by atoms with Gasteiger partial charge in [0.15, 0.2) is 0 Å². The van der Waals surface area contributed by atoms with Gasteiger partial charge in [-0.1, -0.05) is 6.07 Å². The molecule has 0 spiro atoms. The summed E-state index contributed by atoms with van der Waals surface area (Å²) in [5.41, 5.74) is 2.04. The lowest BCUT2D eigenvalue weighted by molar-refractivity contribution is 0.0233. The standard InChI is InChI=1S/C19H24N4O2/c24-16-9-14(10-16)18-11-19(22-13-21-18)23-7-4-17(5-8-23)25-12-15-3-1-2-6-20-15/h1-3,6,11,13-14,16-17,24H,4-5,7-10,12H2. The molecule has 6 heteroatoms. The highest BCUT2D eigenvalue weighted by Crippen LogP contribution is 2.36. The second-order valence-corrected chi connectivity index (χ2v) is 6.94. The highest BCUT2D eigenvalue weighted by molar-refractivity contribution is 5.40. The number of hydrogen-bond acceptors (Lipinski definition) is 6. The molecule has 1 aliphatic carbocycles. The number of rotatable bonds is 5. The molecule has 0 bridgehead atoms. The third-order valence-corrected chi connectivity index (χ3v) is 5.16. The summed E-state index contributed by atoms with van der Waals surface area (Å²) in [4.78, 5) is 15.4. The Morgan fingerprint density at radius 2 is 1.96 bits per heavy atom. The minimum atomic E-state index is -0.157. The van der Waals surface area contributed by atoms with Crippen LogP contribution in [0.25, 0.3) is 0 Å². The number of hydrogen-bond donors (Lipinski definition) is 1. The van der Waals surface area contributed by atoms with Crippen LogP contribution in [0.4, 0.5) is 5.82 Å². The van der Waals surface area contributed by atoms with Gasteiger partial charge >= 0.3 is 0 Å². The Morgan fingerprint density at radius 3 is 2.68 bits per heavy atom. The molecule has 0 aromatic carbocycles. The first-order valence-electron chi connectivity index (χ1n) is 9.04. The minimum Gasteiger partial charge on any atom is -0.393 e. The van der Waals surface area contributed by atoms with Crippen LogP contribution >= 0.6 is 0 Å². The average molecular weight is 340 g/mol. The van der Waals surface area contributed by atoms with E-state index in [4.69, 9.17) is 4.74 Å². The van der Waals surface area contributed by atoms with Gasteiger partial charge in [0.25, 0.3) is 0 Å². The van der Waals surface area contributed by atoms with E-state index in [2.05, 4.69) is 25.9 Å². The lowest BCUT2D eigenvalue weighted by Gasteiger charge is -2.34. The largest absolute Gasteiger partial charge is 0.393 e. The predicted molar refractivity (Wildman–Crippen MR) is 94.3 cm³/mol. The molecule has 3 heterocycles. The molecule has 25 heavy (non-hydrogen) atoms. The van der Waals surface area contributed by atoms with E-state index >= 15 is 0 Å². The maximum Gasteiger partial charge on any atom is 0.132 e. The van der Waals surface area contributed by atoms with E-state index in [-0.39, 0.29) is 12.2 Å². The lowest BCUT2D eigenvalue weighted by Crippen LogP contribution is -2.37. The predicted octanol–water partition coefficient (Wildman–Crippen LogP) is 2.30. The summed E-state index contributed by atoms with van der Waals surface area (Å²) in [6.07, 6.45) is 7.20. The van der Waals surface area contributed by atoms with Crippen LogP contribution < -0.4 is 4.90 Å². The molecule has 0 radical (unpaired) electrons. The Morgan fingerprint density at radius 1 is 1.12 bits per heavy atom. The number of aliphatic hydroxyl groups is 1. The molecule has 0 atom stereocenters. The van der Waals surface area contributed by atoms with Crippen molar-refractivity contribution in [3.63, 3.8) is 0 Å². The highest BCUT2D eigenvalue weighted by atomic mass is 16.5. The van der Waals surface area contributed by atoms with Gasteiger partial charge in [0.1, 0.15) is 12.1 Å². The number of ether oxygens (including phenoxy) is 1. The van der Waals surface area contributed by atoms with Crippen molar-refractivity contribution in [3.05, 3.63) is 48.2 Å². The van der Waals surface area contributed by atoms with E-state index < -0.39 is 0 Å². The Labute approximate surface area is 147 Å². The van der Waals surface area contributed by atoms with Crippen LogP contribution in [-0.2, 0) is 11.3 Å². The van der Waals surface area contributed by atoms with Crippen molar-refractivity contribution in [2.24, 2.45) is 0 Å². The molecule has 2 fully saturated rings. The number of pyridine rings is 1. The second kappa shape index (κ2) is 7.45. The smallest absolute Gasteiger partial charge is 0.132 e. The van der Waals surface area contributed by atoms with Gasteiger partial charge in [-0.05, 0) is 37.8 Å². The Bertz CT molecular complexity index is 683. The van der Waals surface area contributed by atoms with Gasteiger partial charge < -0.3 is 14.7 Å². The van der Waals surface area contributed by atoms with E-state index in [1.165, 1.54) is 0 Å². The van der Waals surface area contributed by atoms with Crippen molar-refractivity contribution in [1.29, 1.82) is 0 Å². The first kappa shape index (κ1) is 16.4. The monoisotopic (exact) mass is 340 g/mol. The zero-order valence-corrected chi connectivity index (χ0v) is 14.3. The van der Waals surface area contributed by atoms with Crippen LogP contribution in [-0.4, -0.2) is 45.4 Å². The minimum absolute atomic E-state index is 0.157. The molecular formula is C19H24N4O2. The van der Waals surface area contributed by atoms with Gasteiger partial charge in [-0.25, -0.2) is 9.97 Å². The molecular weight excluding hydrogens is 316 g/mol. The SMILES string of the molecule is OC1CC(c2cc(N3CCC(OCc4ccccn4)CC3)ncn2)C1. The summed E-state index contributed by atoms with van der Waals surface area (Å²) in [7, 11) is 0. The summed E-state index contributed by atoms with van der Waals surface area (Å²) in [6.45, 7) is 2.46. The quantitative estimate of drug-likeness (QED) is 0.900. The number of aromatic nitrogens is 3. The van der Waals surface area contributed by atoms with Crippen LogP contribution in [0.5, 0.6) is 0 Å². The Balaban J connectivity index is 1.29. The van der Waals surface area contributed by atoms with Crippen molar-refractivity contribution < 1.29 is 9.84 Å². The van der Waals surface area contributed by atoms with Crippen molar-refractivity contribution in [2.75, 3.05) is 18.0 Å². The third-order valence-electron chi connectivity index (χ3n) is 5.16. The van der Waals surface area contributed by atoms with Crippen LogP contribution in [0, 0.1) is 0 Å². The number of piperidine rings is 1. The van der Waals surface area contributed by atoms with Gasteiger partial charge in [-0.15, -0.1) is 0 Å². The topological polar surface area (TPSA) is 71.4 Å². The van der Waals surface area contributed by atoms with Crippen LogP contribution in [0.15, 0.2) is 36.8 Å². The number of anilines is 1. The van der Waals surface area contributed by atoms with E-state index in [1.807, 2.05) is 18.2 Å². The lowest BCUT2D eigenvalue weighted by atomic mass is 9.80. The molecule has 2 aromatic heterocycles. The first-order valence-corrected chi connectivity index (χ1v) is 9.04. The van der Waals surface area contributed by atoms with Crippen LogP contribution in [0.2, 0.25) is 0 Å². The maximum absolute atomic E-state index is 9.49. The molecule has 2 aromatic rings. The van der Waals surface area contributed by atoms with Gasteiger partial charge in [0.2, 0.25) is 0 Å². The van der Waals surface area contributed by atoms with Crippen LogP contribution in [0.1, 0.15) is 43.0 Å². The summed E-state index contributed by atoms with van der Waals surface area (Å²) < 4.78 is 6.00. The maximum atomic E-state index is 9.49. The molecule has 1 saturated heterocycles. The molecule has 1 saturated carbocycles. The number of nitrogens with zero attached hydrogens (tertiary/aromatic N) is 4.